The van der Waals surface area contributed by atoms with Crippen molar-refractivity contribution in [3.05, 3.63) is 0 Å². The van der Waals surface area contributed by atoms with Crippen LogP contribution in [0.25, 0.3) is 0 Å². The Morgan fingerprint density at radius 3 is 0.750 bits per heavy atom. The molecular weight excluding hydrogens is 217 g/mol. The molecule has 0 rings (SSSR count). The second-order valence-corrected chi connectivity index (χ2v) is 0. The summed E-state index contributed by atoms with van der Waals surface area (Å²) >= 11 is 0. The maximum atomic E-state index is 0. The van der Waals surface area contributed by atoms with Crippen LogP contribution >= 0.6 is 24.8 Å². The molecule has 0 N–H and O–H groups in total. The molecule has 0 bridgehead atoms. The average molecular weight is 224 g/mol. The molecule has 0 aliphatic rings. The van der Waals surface area contributed by atoms with E-state index in [0.29, 0.717) is 0 Å². The molecule has 0 unspecified atom stereocenters. The Morgan fingerprint density at radius 2 is 0.750 bits per heavy atom. The van der Waals surface area contributed by atoms with E-state index in [-0.39, 0.29) is 66.1 Å². The van der Waals surface area contributed by atoms with Crippen LogP contribution in [-0.2, 0) is 0 Å². The quantitative estimate of drug-likeness (QED) is 0.450. The SMILES string of the molecule is Cl.Cl.[AlH3].[SnH2]. The van der Waals surface area contributed by atoms with Crippen molar-refractivity contribution in [2.45, 2.75) is 0 Å². The molecule has 0 aromatic heterocycles. The molecule has 0 aliphatic carbocycles. The summed E-state index contributed by atoms with van der Waals surface area (Å²) in [6, 6.07) is 0. The van der Waals surface area contributed by atoms with Crippen molar-refractivity contribution in [2.24, 2.45) is 0 Å². The monoisotopic (exact) mass is 224 g/mol. The predicted molar refractivity (Wildman–Crippen MR) is 33.0 cm³/mol. The molecular formula is H7AlCl2Sn. The first-order valence-corrected chi connectivity index (χ1v) is 0. The molecule has 0 atom stereocenters. The molecule has 0 fully saturated rings. The van der Waals surface area contributed by atoms with E-state index in [0.717, 1.165) is 0 Å². The Labute approximate surface area is 65.6 Å². The van der Waals surface area contributed by atoms with Crippen molar-refractivity contribution >= 4 is 66.1 Å². The second-order valence-electron chi connectivity index (χ2n) is 0. The summed E-state index contributed by atoms with van der Waals surface area (Å²) in [5.74, 6) is 0. The zero-order valence-electron chi connectivity index (χ0n) is 1.52. The van der Waals surface area contributed by atoms with Gasteiger partial charge >= 0.3 is 23.9 Å². The third-order valence-corrected chi connectivity index (χ3v) is 0. The second kappa shape index (κ2) is 20.6. The molecule has 28 valence electrons. The Bertz CT molecular complexity index is 6.00. The standard InChI is InChI=1S/Al.2ClH.Sn.5H/h;2*1H;;;;;;. The van der Waals surface area contributed by atoms with Gasteiger partial charge in [0, 0.05) is 0 Å². The van der Waals surface area contributed by atoms with E-state index in [9.17, 15) is 0 Å². The van der Waals surface area contributed by atoms with Gasteiger partial charge in [-0.1, -0.05) is 0 Å². The van der Waals surface area contributed by atoms with Crippen LogP contribution in [0.15, 0.2) is 0 Å². The number of rotatable bonds is 0. The van der Waals surface area contributed by atoms with Gasteiger partial charge in [0.05, 0.1) is 0 Å². The molecule has 4 heavy (non-hydrogen) atoms. The van der Waals surface area contributed by atoms with Crippen molar-refractivity contribution in [2.75, 3.05) is 0 Å². The van der Waals surface area contributed by atoms with E-state index in [1.54, 1.807) is 0 Å². The Balaban J connectivity index is 0. The van der Waals surface area contributed by atoms with Gasteiger partial charge in [-0.15, -0.1) is 24.8 Å². The van der Waals surface area contributed by atoms with Gasteiger partial charge in [-0.2, -0.15) is 0 Å². The van der Waals surface area contributed by atoms with Gasteiger partial charge in [0.25, 0.3) is 0 Å². The van der Waals surface area contributed by atoms with Gasteiger partial charge in [0.15, 0.2) is 17.4 Å². The zero-order chi connectivity index (χ0) is 0. The molecule has 4 heteroatoms. The van der Waals surface area contributed by atoms with E-state index in [1.807, 2.05) is 0 Å². The number of hydrogen-bond acceptors (Lipinski definition) is 0. The topological polar surface area (TPSA) is 0 Å². The van der Waals surface area contributed by atoms with Gasteiger partial charge < -0.3 is 0 Å². The summed E-state index contributed by atoms with van der Waals surface area (Å²) < 4.78 is 0. The third-order valence-electron chi connectivity index (χ3n) is 0. The fourth-order valence-electron chi connectivity index (χ4n) is 0. The number of hydrogen-bond donors (Lipinski definition) is 0. The first-order valence-electron chi connectivity index (χ1n) is 0. The van der Waals surface area contributed by atoms with E-state index < -0.39 is 0 Å². The van der Waals surface area contributed by atoms with Gasteiger partial charge in [0.2, 0.25) is 0 Å². The molecule has 0 aromatic rings. The summed E-state index contributed by atoms with van der Waals surface area (Å²) in [5, 5.41) is 0. The van der Waals surface area contributed by atoms with Crippen LogP contribution in [-0.4, -0.2) is 41.3 Å². The maximum absolute atomic E-state index is 0. The van der Waals surface area contributed by atoms with Gasteiger partial charge in [-0.3, -0.25) is 0 Å². The van der Waals surface area contributed by atoms with Crippen molar-refractivity contribution in [1.82, 2.24) is 0 Å². The number of halogens is 2. The minimum atomic E-state index is 0. The summed E-state index contributed by atoms with van der Waals surface area (Å²) in [5.41, 5.74) is 0. The zero-order valence-corrected chi connectivity index (χ0v) is 7.19. The van der Waals surface area contributed by atoms with Gasteiger partial charge in [0.1, 0.15) is 0 Å². The molecule has 0 spiro atoms. The first-order chi connectivity index (χ1) is 0. The first kappa shape index (κ1) is 39.0. The summed E-state index contributed by atoms with van der Waals surface area (Å²) in [7, 11) is 0. The molecule has 0 saturated heterocycles. The molecule has 0 amide bonds. The van der Waals surface area contributed by atoms with E-state index in [1.165, 1.54) is 0 Å². The average Bonchev–Trinajstić information content (AvgIpc) is 0. The van der Waals surface area contributed by atoms with Gasteiger partial charge in [-0.25, -0.2) is 0 Å². The molecule has 0 saturated carbocycles. The van der Waals surface area contributed by atoms with Crippen molar-refractivity contribution in [3.63, 3.8) is 0 Å². The fraction of sp³-hybridized carbons (Fsp3) is 0. The van der Waals surface area contributed by atoms with E-state index in [4.69, 9.17) is 0 Å². The van der Waals surface area contributed by atoms with Crippen molar-refractivity contribution in [1.29, 1.82) is 0 Å². The van der Waals surface area contributed by atoms with E-state index in [2.05, 4.69) is 0 Å². The van der Waals surface area contributed by atoms with Crippen molar-refractivity contribution < 1.29 is 0 Å². The van der Waals surface area contributed by atoms with Crippen LogP contribution in [0.5, 0.6) is 0 Å². The summed E-state index contributed by atoms with van der Waals surface area (Å²) in [4.78, 5) is 0. The van der Waals surface area contributed by atoms with Crippen LogP contribution in [0.2, 0.25) is 0 Å². The third kappa shape index (κ3) is 9.07. The Hall–Kier alpha value is 1.91. The van der Waals surface area contributed by atoms with Crippen LogP contribution in [0, 0.1) is 0 Å². The fourth-order valence-corrected chi connectivity index (χ4v) is 0. The Morgan fingerprint density at radius 1 is 0.750 bits per heavy atom. The summed E-state index contributed by atoms with van der Waals surface area (Å²) in [6.07, 6.45) is 0. The van der Waals surface area contributed by atoms with Crippen LogP contribution in [0.4, 0.5) is 0 Å². The van der Waals surface area contributed by atoms with Gasteiger partial charge in [-0.05, 0) is 0 Å². The molecule has 2 radical (unpaired) electrons. The minimum absolute atomic E-state index is 0. The summed E-state index contributed by atoms with van der Waals surface area (Å²) in [6.45, 7) is 0. The molecule has 0 aliphatic heterocycles. The predicted octanol–water partition coefficient (Wildman–Crippen LogP) is -1.26. The van der Waals surface area contributed by atoms with Crippen LogP contribution in [0.3, 0.4) is 0 Å². The molecule has 0 aromatic carbocycles. The normalized spacial score (nSPS) is 0. The van der Waals surface area contributed by atoms with Crippen LogP contribution < -0.4 is 0 Å². The van der Waals surface area contributed by atoms with Crippen molar-refractivity contribution in [3.8, 4) is 0 Å². The Kier molecular flexibility index (Phi) is 201. The molecule has 0 heterocycles. The molecule has 0 nitrogen and oxygen atoms in total. The van der Waals surface area contributed by atoms with Crippen LogP contribution in [0.1, 0.15) is 0 Å². The van der Waals surface area contributed by atoms with E-state index >= 15 is 0 Å².